The van der Waals surface area contributed by atoms with Crippen LogP contribution in [-0.4, -0.2) is 23.1 Å². The van der Waals surface area contributed by atoms with Crippen LogP contribution in [0.4, 0.5) is 0 Å². The van der Waals surface area contributed by atoms with E-state index in [1.807, 2.05) is 0 Å². The number of hydrogen-bond donors (Lipinski definition) is 0. The van der Waals surface area contributed by atoms with Gasteiger partial charge in [-0.1, -0.05) is 0 Å². The maximum Gasteiger partial charge on any atom is 0 e. The Morgan fingerprint density at radius 3 is 1.00 bits per heavy atom. The van der Waals surface area contributed by atoms with Crippen LogP contribution in [0.3, 0.4) is 0 Å². The smallest absolute Gasteiger partial charge is 0 e. The molecule has 0 heterocycles. The minimum atomic E-state index is 0. The molecule has 0 saturated heterocycles. The fraction of sp³-hybridized carbons (Fsp3) is 0. The van der Waals surface area contributed by atoms with Gasteiger partial charge >= 0.3 is 0 Å². The fourth-order valence-corrected chi connectivity index (χ4v) is 0. The zero-order valence-electron chi connectivity index (χ0n) is 2.32. The van der Waals surface area contributed by atoms with Crippen molar-refractivity contribution < 1.29 is 62.1 Å². The van der Waals surface area contributed by atoms with Crippen molar-refractivity contribution >= 4 is 23.1 Å². The Morgan fingerprint density at radius 2 is 1.00 bits per heavy atom. The molecule has 0 atom stereocenters. The first-order valence-electron chi connectivity index (χ1n) is 0. The second-order valence-electron chi connectivity index (χ2n) is 0. The van der Waals surface area contributed by atoms with Crippen LogP contribution in [0.5, 0.6) is 0 Å². The molecule has 0 bridgehead atoms. The van der Waals surface area contributed by atoms with Gasteiger partial charge in [0.15, 0.2) is 0 Å². The van der Waals surface area contributed by atoms with E-state index in [1.54, 1.807) is 0 Å². The van der Waals surface area contributed by atoms with Gasteiger partial charge in [-0.2, -0.15) is 0 Å². The van der Waals surface area contributed by atoms with E-state index in [0.29, 0.717) is 0 Å². The van der Waals surface area contributed by atoms with Gasteiger partial charge in [-0.3, -0.25) is 0 Å². The van der Waals surface area contributed by atoms with Gasteiger partial charge in [0, 0.05) is 85.2 Å². The molecule has 4 heavy (non-hydrogen) atoms. The van der Waals surface area contributed by atoms with Crippen molar-refractivity contribution in [3.05, 3.63) is 0 Å². The minimum Gasteiger partial charge on any atom is 0 e. The topological polar surface area (TPSA) is 0 Å². The van der Waals surface area contributed by atoms with E-state index in [4.69, 9.17) is 0 Å². The van der Waals surface area contributed by atoms with E-state index in [-0.39, 0.29) is 85.2 Å². The summed E-state index contributed by atoms with van der Waals surface area (Å²) in [6.45, 7) is 0. The first-order chi connectivity index (χ1) is 0. The van der Waals surface area contributed by atoms with Crippen molar-refractivity contribution in [3.63, 3.8) is 0 Å². The molecule has 0 rings (SSSR count). The SMILES string of the molecule is [Co].[Mg].[Sc].[Zn]. The van der Waals surface area contributed by atoms with Crippen LogP contribution in [0.15, 0.2) is 0 Å². The predicted octanol–water partition coefficient (Wildman–Crippen LogP) is -0.388. The summed E-state index contributed by atoms with van der Waals surface area (Å²) in [5.74, 6) is 0. The van der Waals surface area contributed by atoms with Crippen molar-refractivity contribution in [2.75, 3.05) is 0 Å². The zero-order chi connectivity index (χ0) is 0. The van der Waals surface area contributed by atoms with Gasteiger partial charge in [0.05, 0.1) is 0 Å². The molecule has 0 amide bonds. The van der Waals surface area contributed by atoms with Gasteiger partial charge in [-0.05, 0) is 0 Å². The summed E-state index contributed by atoms with van der Waals surface area (Å²) < 4.78 is 0. The molecule has 0 aromatic carbocycles. The minimum absolute atomic E-state index is 0. The Labute approximate surface area is 83.7 Å². The zero-order valence-corrected chi connectivity index (χ0v) is 9.55. The van der Waals surface area contributed by atoms with Crippen LogP contribution in [0.1, 0.15) is 0 Å². The van der Waals surface area contributed by atoms with Crippen LogP contribution in [0, 0.1) is 0 Å². The van der Waals surface area contributed by atoms with Crippen LogP contribution in [-0.2, 0) is 62.1 Å². The molecule has 0 fully saturated rings. The van der Waals surface area contributed by atoms with Gasteiger partial charge in [0.1, 0.15) is 0 Å². The third-order valence-corrected chi connectivity index (χ3v) is 0. The first-order valence-corrected chi connectivity index (χ1v) is 0. The maximum atomic E-state index is 0. The average molecular weight is 194 g/mol. The molecular weight excluding hydrogens is 194 g/mol. The molecule has 4 radical (unpaired) electrons. The van der Waals surface area contributed by atoms with E-state index in [1.165, 1.54) is 0 Å². The molecule has 16 valence electrons. The van der Waals surface area contributed by atoms with Crippen LogP contribution < -0.4 is 0 Å². The summed E-state index contributed by atoms with van der Waals surface area (Å²) in [5.41, 5.74) is 0. The molecule has 0 saturated carbocycles. The Bertz CT molecular complexity index is 8.00. The molecular formula is CoMgScZn. The molecule has 0 aliphatic carbocycles. The van der Waals surface area contributed by atoms with Crippen LogP contribution >= 0.6 is 0 Å². The predicted molar refractivity (Wildman–Crippen MR) is 5.75 cm³/mol. The van der Waals surface area contributed by atoms with Crippen molar-refractivity contribution in [2.45, 2.75) is 0 Å². The molecule has 0 unspecified atom stereocenters. The van der Waals surface area contributed by atoms with Gasteiger partial charge in [0.2, 0.25) is 0 Å². The summed E-state index contributed by atoms with van der Waals surface area (Å²) in [6, 6.07) is 0. The number of hydrogen-bond acceptors (Lipinski definition) is 0. The molecule has 0 aliphatic rings. The van der Waals surface area contributed by atoms with E-state index in [2.05, 4.69) is 0 Å². The first kappa shape index (κ1) is 29.4. The van der Waals surface area contributed by atoms with Gasteiger partial charge in [-0.15, -0.1) is 0 Å². The molecule has 0 spiro atoms. The summed E-state index contributed by atoms with van der Waals surface area (Å²) in [5, 5.41) is 0. The summed E-state index contributed by atoms with van der Waals surface area (Å²) in [4.78, 5) is 0. The van der Waals surface area contributed by atoms with Crippen molar-refractivity contribution in [3.8, 4) is 0 Å². The Morgan fingerprint density at radius 1 is 1.00 bits per heavy atom. The van der Waals surface area contributed by atoms with Crippen molar-refractivity contribution in [2.24, 2.45) is 0 Å². The Balaban J connectivity index is 0. The molecule has 4 heteroatoms. The molecule has 0 aromatic heterocycles. The molecule has 0 aromatic rings. The third-order valence-electron chi connectivity index (χ3n) is 0. The average Bonchev–Trinajstić information content (AvgIpc) is 0. The van der Waals surface area contributed by atoms with Crippen LogP contribution in [0.25, 0.3) is 0 Å². The van der Waals surface area contributed by atoms with E-state index in [9.17, 15) is 0 Å². The maximum absolute atomic E-state index is 0. The molecule has 0 aliphatic heterocycles. The second-order valence-corrected chi connectivity index (χ2v) is 0. The van der Waals surface area contributed by atoms with Gasteiger partial charge in [0.25, 0.3) is 0 Å². The largest absolute Gasteiger partial charge is 0 e. The summed E-state index contributed by atoms with van der Waals surface area (Å²) in [6.07, 6.45) is 0. The molecule has 0 N–H and O–H groups in total. The van der Waals surface area contributed by atoms with Crippen molar-refractivity contribution in [1.29, 1.82) is 0 Å². The second kappa shape index (κ2) is 17.1. The standard InChI is InChI=1S/Co.Mg.Sc.Zn. The quantitative estimate of drug-likeness (QED) is 0.460. The Hall–Kier alpha value is 2.77. The fourth-order valence-electron chi connectivity index (χ4n) is 0. The van der Waals surface area contributed by atoms with E-state index < -0.39 is 0 Å². The summed E-state index contributed by atoms with van der Waals surface area (Å²) >= 11 is 0. The van der Waals surface area contributed by atoms with E-state index in [0.717, 1.165) is 0 Å². The van der Waals surface area contributed by atoms with Gasteiger partial charge < -0.3 is 0 Å². The van der Waals surface area contributed by atoms with E-state index >= 15 is 0 Å². The molecule has 0 nitrogen and oxygen atoms in total. The van der Waals surface area contributed by atoms with Crippen molar-refractivity contribution in [1.82, 2.24) is 0 Å². The number of rotatable bonds is 0. The van der Waals surface area contributed by atoms with Gasteiger partial charge in [-0.25, -0.2) is 0 Å². The van der Waals surface area contributed by atoms with Crippen LogP contribution in [0.2, 0.25) is 0 Å². The Kier molecular flexibility index (Phi) is 126. The third kappa shape index (κ3) is 8.84. The summed E-state index contributed by atoms with van der Waals surface area (Å²) in [7, 11) is 0. The normalized spacial score (nSPS) is 0. The monoisotopic (exact) mass is 192 g/mol.